The summed E-state index contributed by atoms with van der Waals surface area (Å²) in [5, 5.41) is 12.1. The molecule has 3 N–H and O–H groups in total. The van der Waals surface area contributed by atoms with E-state index in [1.165, 1.54) is 0 Å². The molecule has 0 spiro atoms. The van der Waals surface area contributed by atoms with Gasteiger partial charge in [-0.3, -0.25) is 9.59 Å². The molecule has 0 saturated carbocycles. The average molecular weight is 549 g/mol. The minimum Gasteiger partial charge on any atom is -0.491 e. The summed E-state index contributed by atoms with van der Waals surface area (Å²) in [7, 11) is 1.81. The molecule has 1 unspecified atom stereocenters. The van der Waals surface area contributed by atoms with Crippen molar-refractivity contribution in [1.29, 1.82) is 0 Å². The first-order valence-electron chi connectivity index (χ1n) is 12.8. The largest absolute Gasteiger partial charge is 0.491 e. The minimum atomic E-state index is -0.856. The number of ether oxygens (including phenoxy) is 5. The highest BCUT2D eigenvalue weighted by atomic mass is 16.6. The van der Waals surface area contributed by atoms with Crippen LogP contribution in [0.25, 0.3) is 10.4 Å². The van der Waals surface area contributed by atoms with E-state index in [2.05, 4.69) is 37.8 Å². The Labute approximate surface area is 229 Å². The zero-order chi connectivity index (χ0) is 28.4. The third kappa shape index (κ3) is 18.5. The predicted molar refractivity (Wildman–Crippen MR) is 145 cm³/mol. The highest BCUT2D eigenvalue weighted by molar-refractivity contribution is 5.94. The van der Waals surface area contributed by atoms with E-state index in [9.17, 15) is 9.59 Å². The molecule has 0 aliphatic rings. The normalized spacial score (nSPS) is 11.0. The number of azide groups is 1. The summed E-state index contributed by atoms with van der Waals surface area (Å²) in [6.45, 7) is 5.81. The van der Waals surface area contributed by atoms with E-state index in [4.69, 9.17) is 29.2 Å². The second-order valence-electron chi connectivity index (χ2n) is 7.89. The van der Waals surface area contributed by atoms with Crippen LogP contribution in [0, 0.1) is 11.8 Å². The van der Waals surface area contributed by atoms with E-state index in [1.807, 2.05) is 7.05 Å². The van der Waals surface area contributed by atoms with Gasteiger partial charge in [0.25, 0.3) is 5.91 Å². The number of benzene rings is 1. The van der Waals surface area contributed by atoms with Crippen molar-refractivity contribution < 1.29 is 33.3 Å². The number of amides is 2. The van der Waals surface area contributed by atoms with Gasteiger partial charge in [0.1, 0.15) is 19.0 Å². The molecule has 1 aromatic carbocycles. The molecule has 0 radical (unpaired) electrons. The highest BCUT2D eigenvalue weighted by Gasteiger charge is 2.10. The van der Waals surface area contributed by atoms with Gasteiger partial charge in [0.2, 0.25) is 5.91 Å². The van der Waals surface area contributed by atoms with Gasteiger partial charge in [-0.1, -0.05) is 17.1 Å². The topological polar surface area (TPSA) is 165 Å². The molecule has 0 bridgehead atoms. The van der Waals surface area contributed by atoms with Crippen LogP contribution in [0.5, 0.6) is 5.75 Å². The second kappa shape index (κ2) is 23.7. The molecular weight excluding hydrogens is 508 g/mol. The molecular formula is C26H40N6O7. The highest BCUT2D eigenvalue weighted by Crippen LogP contribution is 2.14. The quantitative estimate of drug-likeness (QED) is 0.0610. The number of likely N-dealkylation sites (N-methyl/N-ethyl adjacent to an activating group) is 1. The lowest BCUT2D eigenvalue weighted by atomic mass is 10.2. The Kier molecular flexibility index (Phi) is 20.5. The van der Waals surface area contributed by atoms with E-state index < -0.39 is 6.23 Å². The monoisotopic (exact) mass is 548 g/mol. The van der Waals surface area contributed by atoms with E-state index in [0.717, 1.165) is 0 Å². The fraction of sp³-hybridized carbons (Fsp3) is 0.615. The van der Waals surface area contributed by atoms with E-state index in [-0.39, 0.29) is 31.6 Å². The van der Waals surface area contributed by atoms with Gasteiger partial charge in [0.05, 0.1) is 33.0 Å². The van der Waals surface area contributed by atoms with Crippen LogP contribution in [0.3, 0.4) is 0 Å². The zero-order valence-electron chi connectivity index (χ0n) is 22.8. The fourth-order valence-electron chi connectivity index (χ4n) is 2.92. The van der Waals surface area contributed by atoms with Crippen molar-refractivity contribution in [3.8, 4) is 17.6 Å². The van der Waals surface area contributed by atoms with Crippen LogP contribution in [0.15, 0.2) is 29.4 Å². The van der Waals surface area contributed by atoms with Gasteiger partial charge >= 0.3 is 0 Å². The lowest BCUT2D eigenvalue weighted by Crippen LogP contribution is -2.30. The van der Waals surface area contributed by atoms with E-state index in [1.54, 1.807) is 31.2 Å². The number of nitrogens with zero attached hydrogens (tertiary/aromatic N) is 3. The van der Waals surface area contributed by atoms with Crippen LogP contribution in [-0.2, 0) is 23.7 Å². The molecule has 0 heterocycles. The van der Waals surface area contributed by atoms with Crippen molar-refractivity contribution in [2.75, 3.05) is 79.5 Å². The smallest absolute Gasteiger partial charge is 0.251 e. The summed E-state index contributed by atoms with van der Waals surface area (Å²) < 4.78 is 27.3. The SMILES string of the molecule is CC#CCOCCNC(=O)CCCOCCOCCOC(COc1cccc(C(=O)NCCNC)c1)N=[N+]=[N-]. The Morgan fingerprint density at radius 2 is 1.82 bits per heavy atom. The summed E-state index contributed by atoms with van der Waals surface area (Å²) in [5.41, 5.74) is 9.26. The van der Waals surface area contributed by atoms with Crippen LogP contribution in [0.2, 0.25) is 0 Å². The molecule has 0 aliphatic heterocycles. The third-order valence-corrected chi connectivity index (χ3v) is 4.85. The number of hydrogen-bond donors (Lipinski definition) is 3. The lowest BCUT2D eigenvalue weighted by Gasteiger charge is -2.14. The van der Waals surface area contributed by atoms with Crippen LogP contribution in [0.1, 0.15) is 30.1 Å². The maximum Gasteiger partial charge on any atom is 0.251 e. The van der Waals surface area contributed by atoms with Crippen molar-refractivity contribution in [1.82, 2.24) is 16.0 Å². The molecule has 0 fully saturated rings. The van der Waals surface area contributed by atoms with Crippen LogP contribution in [0.4, 0.5) is 0 Å². The van der Waals surface area contributed by atoms with Crippen LogP contribution in [-0.4, -0.2) is 97.6 Å². The van der Waals surface area contributed by atoms with E-state index in [0.29, 0.717) is 76.8 Å². The molecule has 1 atom stereocenters. The predicted octanol–water partition coefficient (Wildman–Crippen LogP) is 1.64. The van der Waals surface area contributed by atoms with Crippen molar-refractivity contribution in [3.05, 3.63) is 40.3 Å². The van der Waals surface area contributed by atoms with Crippen LogP contribution >= 0.6 is 0 Å². The van der Waals surface area contributed by atoms with Gasteiger partial charge in [-0.25, -0.2) is 0 Å². The van der Waals surface area contributed by atoms with Gasteiger partial charge in [0, 0.05) is 43.1 Å². The first kappa shape index (κ1) is 33.7. The summed E-state index contributed by atoms with van der Waals surface area (Å²) in [4.78, 5) is 26.7. The molecule has 0 aliphatic carbocycles. The lowest BCUT2D eigenvalue weighted by molar-refractivity contribution is -0.121. The Morgan fingerprint density at radius 3 is 2.59 bits per heavy atom. The van der Waals surface area contributed by atoms with Gasteiger partial charge in [-0.2, -0.15) is 0 Å². The van der Waals surface area contributed by atoms with Gasteiger partial charge < -0.3 is 39.6 Å². The van der Waals surface area contributed by atoms with Crippen molar-refractivity contribution >= 4 is 11.8 Å². The van der Waals surface area contributed by atoms with Gasteiger partial charge in [-0.15, -0.1) is 5.92 Å². The molecule has 0 saturated heterocycles. The first-order valence-corrected chi connectivity index (χ1v) is 12.8. The number of carbonyl (C=O) groups is 2. The summed E-state index contributed by atoms with van der Waals surface area (Å²) >= 11 is 0. The Bertz CT molecular complexity index is 931. The van der Waals surface area contributed by atoms with Crippen molar-refractivity contribution in [2.45, 2.75) is 26.0 Å². The first-order chi connectivity index (χ1) is 19.1. The molecule has 0 aromatic heterocycles. The number of carbonyl (C=O) groups excluding carboxylic acids is 2. The Hall–Kier alpha value is -3.37. The molecule has 2 amide bonds. The minimum absolute atomic E-state index is 0.0217. The maximum atomic E-state index is 12.2. The van der Waals surface area contributed by atoms with Crippen molar-refractivity contribution in [2.24, 2.45) is 5.11 Å². The summed E-state index contributed by atoms with van der Waals surface area (Å²) in [5.74, 6) is 5.72. The molecule has 1 aromatic rings. The summed E-state index contributed by atoms with van der Waals surface area (Å²) in [6.07, 6.45) is 0.126. The zero-order valence-corrected chi connectivity index (χ0v) is 22.8. The Morgan fingerprint density at radius 1 is 1.03 bits per heavy atom. The number of nitrogens with one attached hydrogen (secondary N) is 3. The van der Waals surface area contributed by atoms with Gasteiger partial charge in [0.15, 0.2) is 6.23 Å². The maximum absolute atomic E-state index is 12.2. The molecule has 39 heavy (non-hydrogen) atoms. The third-order valence-electron chi connectivity index (χ3n) is 4.85. The number of hydrogen-bond acceptors (Lipinski definition) is 9. The molecule has 13 heteroatoms. The Balaban J connectivity index is 2.11. The molecule has 1 rings (SSSR count). The second-order valence-corrected chi connectivity index (χ2v) is 7.89. The van der Waals surface area contributed by atoms with Crippen molar-refractivity contribution in [3.63, 3.8) is 0 Å². The fourth-order valence-corrected chi connectivity index (χ4v) is 2.92. The van der Waals surface area contributed by atoms with E-state index >= 15 is 0 Å². The standard InChI is InChI=1S/C26H40N6O7/c1-3-4-13-35-15-12-29-24(33)9-6-14-36-16-17-37-18-19-38-25(31-32-27)21-39-23-8-5-7-22(20-23)26(34)30-11-10-28-2/h5,7-8,20,25,28H,6,9-19,21H2,1-2H3,(H,29,33)(H,30,34). The van der Waals surface area contributed by atoms with Crippen LogP contribution < -0.4 is 20.7 Å². The number of rotatable bonds is 23. The average Bonchev–Trinajstić information content (AvgIpc) is 2.94. The summed E-state index contributed by atoms with van der Waals surface area (Å²) in [6, 6.07) is 6.70. The molecule has 216 valence electrons. The molecule has 13 nitrogen and oxygen atoms in total. The van der Waals surface area contributed by atoms with Gasteiger partial charge in [-0.05, 0) is 44.1 Å².